The number of nitrogens with one attached hydrogen (secondary N) is 1. The third kappa shape index (κ3) is 3.22. The van der Waals surface area contributed by atoms with E-state index in [0.29, 0.717) is 17.0 Å². The van der Waals surface area contributed by atoms with Gasteiger partial charge < -0.3 is 10.2 Å². The first-order valence-electron chi connectivity index (χ1n) is 9.98. The monoisotopic (exact) mass is 427 g/mol. The minimum absolute atomic E-state index is 0.247. The molecular formula is C24H18FN5O2. The molecule has 5 rings (SSSR count). The third-order valence-electron chi connectivity index (χ3n) is 5.39. The maximum atomic E-state index is 14.7. The van der Waals surface area contributed by atoms with E-state index in [1.807, 2.05) is 6.07 Å². The van der Waals surface area contributed by atoms with Gasteiger partial charge in [-0.15, -0.1) is 0 Å². The predicted molar refractivity (Wildman–Crippen MR) is 118 cm³/mol. The summed E-state index contributed by atoms with van der Waals surface area (Å²) in [5.74, 6) is -1.42. The van der Waals surface area contributed by atoms with E-state index in [1.165, 1.54) is 15.5 Å². The second-order valence-corrected chi connectivity index (χ2v) is 7.33. The van der Waals surface area contributed by atoms with E-state index >= 15 is 0 Å². The summed E-state index contributed by atoms with van der Waals surface area (Å²) in [6.45, 7) is 0. The van der Waals surface area contributed by atoms with Crippen LogP contribution in [-0.4, -0.2) is 40.4 Å². The molecule has 1 aliphatic heterocycles. The van der Waals surface area contributed by atoms with E-state index in [2.05, 4.69) is 15.4 Å². The fourth-order valence-corrected chi connectivity index (χ4v) is 3.80. The largest absolute Gasteiger partial charge is 0.321 e. The van der Waals surface area contributed by atoms with Crippen molar-refractivity contribution in [2.75, 3.05) is 11.9 Å². The van der Waals surface area contributed by atoms with Crippen LogP contribution in [0.15, 0.2) is 84.0 Å². The van der Waals surface area contributed by atoms with E-state index in [-0.39, 0.29) is 11.3 Å². The van der Waals surface area contributed by atoms with E-state index in [9.17, 15) is 14.0 Å². The summed E-state index contributed by atoms with van der Waals surface area (Å²) in [4.78, 5) is 32.2. The van der Waals surface area contributed by atoms with Gasteiger partial charge in [0.1, 0.15) is 11.5 Å². The number of hydrogen-bond acceptors (Lipinski definition) is 4. The number of nitrogens with zero attached hydrogens (tertiary/aromatic N) is 4. The highest BCUT2D eigenvalue weighted by atomic mass is 19.1. The summed E-state index contributed by atoms with van der Waals surface area (Å²) in [7, 11) is 1.61. The minimum atomic E-state index is -1.25. The van der Waals surface area contributed by atoms with Crippen LogP contribution in [0.25, 0.3) is 5.52 Å². The van der Waals surface area contributed by atoms with Crippen LogP contribution in [0.2, 0.25) is 0 Å². The molecule has 2 amide bonds. The van der Waals surface area contributed by atoms with Gasteiger partial charge in [-0.3, -0.25) is 9.59 Å². The number of benzene rings is 2. The topological polar surface area (TPSA) is 79.1 Å². The van der Waals surface area contributed by atoms with Gasteiger partial charge >= 0.3 is 0 Å². The first-order valence-corrected chi connectivity index (χ1v) is 9.98. The number of rotatable bonds is 3. The lowest BCUT2D eigenvalue weighted by atomic mass is 10.00. The van der Waals surface area contributed by atoms with Crippen LogP contribution < -0.4 is 10.2 Å². The number of aliphatic imine (C=N–C) groups is 1. The number of halogens is 1. The number of likely N-dealkylation sites (N-methyl/N-ethyl adjacent to an activating group) is 1. The van der Waals surface area contributed by atoms with Crippen molar-refractivity contribution >= 4 is 28.7 Å². The fraction of sp³-hybridized carbons (Fsp3) is 0.0833. The molecule has 8 heteroatoms. The number of amides is 2. The second kappa shape index (κ2) is 7.73. The number of carbonyl (C=O) groups excluding carboxylic acids is 2. The fourth-order valence-electron chi connectivity index (χ4n) is 3.80. The van der Waals surface area contributed by atoms with Crippen LogP contribution in [0.3, 0.4) is 0 Å². The molecule has 32 heavy (non-hydrogen) atoms. The lowest BCUT2D eigenvalue weighted by Crippen LogP contribution is -2.46. The molecule has 1 aliphatic rings. The van der Waals surface area contributed by atoms with Crippen molar-refractivity contribution in [2.24, 2.45) is 4.99 Å². The molecule has 0 radical (unpaired) electrons. The van der Waals surface area contributed by atoms with Crippen LogP contribution in [0.4, 0.5) is 10.1 Å². The summed E-state index contributed by atoms with van der Waals surface area (Å²) in [6, 6.07) is 20.3. The van der Waals surface area contributed by atoms with Crippen molar-refractivity contribution in [3.05, 3.63) is 102 Å². The quantitative estimate of drug-likeness (QED) is 0.546. The zero-order valence-corrected chi connectivity index (χ0v) is 17.1. The molecule has 0 bridgehead atoms. The van der Waals surface area contributed by atoms with Crippen LogP contribution in [0.5, 0.6) is 0 Å². The average molecular weight is 427 g/mol. The van der Waals surface area contributed by atoms with Crippen LogP contribution in [0, 0.1) is 5.82 Å². The summed E-state index contributed by atoms with van der Waals surface area (Å²) in [5.41, 5.74) is 2.72. The molecule has 1 unspecified atom stereocenters. The number of hydrogen-bond donors (Lipinski definition) is 1. The Balaban J connectivity index is 1.60. The van der Waals surface area contributed by atoms with Crippen molar-refractivity contribution in [1.29, 1.82) is 0 Å². The van der Waals surface area contributed by atoms with Gasteiger partial charge in [0.15, 0.2) is 0 Å². The molecule has 158 valence electrons. The number of para-hydroxylation sites is 1. The van der Waals surface area contributed by atoms with Crippen molar-refractivity contribution in [3.63, 3.8) is 0 Å². The van der Waals surface area contributed by atoms with Gasteiger partial charge in [0.25, 0.3) is 11.8 Å². The lowest BCUT2D eigenvalue weighted by Gasteiger charge is -2.20. The molecule has 0 aliphatic carbocycles. The Labute approximate surface area is 182 Å². The van der Waals surface area contributed by atoms with E-state index < -0.39 is 23.8 Å². The van der Waals surface area contributed by atoms with Crippen LogP contribution >= 0.6 is 0 Å². The number of benzodiazepines with no additional fused rings is 1. The molecule has 0 fully saturated rings. The van der Waals surface area contributed by atoms with Crippen molar-refractivity contribution in [2.45, 2.75) is 6.17 Å². The third-order valence-corrected chi connectivity index (χ3v) is 5.39. The normalized spacial score (nSPS) is 15.8. The molecular weight excluding hydrogens is 409 g/mol. The Morgan fingerprint density at radius 3 is 2.53 bits per heavy atom. The van der Waals surface area contributed by atoms with E-state index in [0.717, 1.165) is 5.52 Å². The first kappa shape index (κ1) is 19.6. The molecule has 1 N–H and O–H groups in total. The molecule has 4 aromatic rings. The molecule has 1 atom stereocenters. The van der Waals surface area contributed by atoms with Crippen molar-refractivity contribution in [1.82, 2.24) is 14.9 Å². The average Bonchev–Trinajstić information content (AvgIpc) is 3.22. The maximum Gasteiger partial charge on any atom is 0.272 e. The van der Waals surface area contributed by atoms with Gasteiger partial charge in [-0.05, 0) is 42.5 Å². The zero-order chi connectivity index (χ0) is 22.2. The molecule has 2 aromatic carbocycles. The Hall–Kier alpha value is -4.33. The Morgan fingerprint density at radius 1 is 0.969 bits per heavy atom. The van der Waals surface area contributed by atoms with E-state index in [4.69, 9.17) is 0 Å². The highest BCUT2D eigenvalue weighted by Gasteiger charge is 2.32. The van der Waals surface area contributed by atoms with Gasteiger partial charge in [0, 0.05) is 24.4 Å². The zero-order valence-electron chi connectivity index (χ0n) is 17.1. The summed E-state index contributed by atoms with van der Waals surface area (Å²) in [6.07, 6.45) is 0.322. The molecule has 7 nitrogen and oxygen atoms in total. The predicted octanol–water partition coefficient (Wildman–Crippen LogP) is 3.04. The summed E-state index contributed by atoms with van der Waals surface area (Å²) >= 11 is 0. The number of carbonyl (C=O) groups is 2. The molecule has 0 saturated heterocycles. The lowest BCUT2D eigenvalue weighted by molar-refractivity contribution is -0.119. The highest BCUT2D eigenvalue weighted by Crippen LogP contribution is 2.28. The SMILES string of the molecule is CN1C(=O)C(NC(=O)c2ccc3cccnn23)N=C(c2ccccc2F)c2ccccc21. The first-order chi connectivity index (χ1) is 15.5. The van der Waals surface area contributed by atoms with Gasteiger partial charge in [-0.25, -0.2) is 13.9 Å². The van der Waals surface area contributed by atoms with Gasteiger partial charge in [0.2, 0.25) is 6.17 Å². The minimum Gasteiger partial charge on any atom is -0.321 e. The van der Waals surface area contributed by atoms with Gasteiger partial charge in [0.05, 0.1) is 16.9 Å². The Bertz CT molecular complexity index is 1390. The number of anilines is 1. The molecule has 2 aromatic heterocycles. The van der Waals surface area contributed by atoms with Gasteiger partial charge in [-0.2, -0.15) is 5.10 Å². The van der Waals surface area contributed by atoms with E-state index in [1.54, 1.807) is 73.9 Å². The molecule has 0 saturated carbocycles. The molecule has 0 spiro atoms. The van der Waals surface area contributed by atoms with Crippen molar-refractivity contribution < 1.29 is 14.0 Å². The number of aromatic nitrogens is 2. The Kier molecular flexibility index (Phi) is 4.74. The summed E-state index contributed by atoms with van der Waals surface area (Å²) in [5, 5.41) is 6.88. The maximum absolute atomic E-state index is 14.7. The molecule has 3 heterocycles. The van der Waals surface area contributed by atoms with Crippen molar-refractivity contribution in [3.8, 4) is 0 Å². The smallest absolute Gasteiger partial charge is 0.272 e. The summed E-state index contributed by atoms with van der Waals surface area (Å²) < 4.78 is 16.2. The number of fused-ring (bicyclic) bond motifs is 2. The Morgan fingerprint density at radius 2 is 1.72 bits per heavy atom. The van der Waals surface area contributed by atoms with Crippen LogP contribution in [0.1, 0.15) is 21.6 Å². The van der Waals surface area contributed by atoms with Gasteiger partial charge in [-0.1, -0.05) is 30.3 Å². The highest BCUT2D eigenvalue weighted by molar-refractivity contribution is 6.20. The second-order valence-electron chi connectivity index (χ2n) is 7.33. The van der Waals surface area contributed by atoms with Crippen LogP contribution in [-0.2, 0) is 4.79 Å². The standard InChI is InChI=1S/C24H18FN5O2/c1-29-19-11-5-3-9-17(19)21(16-8-2-4-10-18(16)25)27-22(24(29)32)28-23(31)20-13-12-15-7-6-14-26-30(15)20/h2-14,22H,1H3,(H,28,31).